The molecule has 6 nitrogen and oxygen atoms in total. The van der Waals surface area contributed by atoms with Crippen LogP contribution in [0.25, 0.3) is 11.4 Å². The van der Waals surface area contributed by atoms with E-state index in [1.807, 2.05) is 24.3 Å². The lowest BCUT2D eigenvalue weighted by Gasteiger charge is -2.44. The Morgan fingerprint density at radius 2 is 2.00 bits per heavy atom. The molecule has 2 aliphatic rings. The number of halogens is 1. The van der Waals surface area contributed by atoms with Crippen LogP contribution in [0, 0.1) is 5.92 Å². The topological polar surface area (TPSA) is 60.2 Å². The molecule has 168 valence electrons. The number of hydrogen-bond donors (Lipinski definition) is 0. The second-order valence-corrected chi connectivity index (χ2v) is 9.76. The highest BCUT2D eigenvalue weighted by molar-refractivity contribution is 7.99. The lowest BCUT2D eigenvalue weighted by atomic mass is 9.78. The average molecular weight is 463 g/mol. The van der Waals surface area contributed by atoms with Crippen molar-refractivity contribution in [1.29, 1.82) is 0 Å². The van der Waals surface area contributed by atoms with Gasteiger partial charge in [0.2, 0.25) is 5.91 Å². The molecule has 1 saturated heterocycles. The number of ether oxygens (including phenoxy) is 1. The van der Waals surface area contributed by atoms with Crippen LogP contribution in [0.4, 0.5) is 0 Å². The van der Waals surface area contributed by atoms with E-state index < -0.39 is 0 Å². The Kier molecular flexibility index (Phi) is 7.91. The zero-order chi connectivity index (χ0) is 21.6. The van der Waals surface area contributed by atoms with Crippen LogP contribution in [0.15, 0.2) is 29.4 Å². The van der Waals surface area contributed by atoms with Gasteiger partial charge in [-0.15, -0.1) is 10.2 Å². The summed E-state index contributed by atoms with van der Waals surface area (Å²) in [6.45, 7) is 2.26. The summed E-state index contributed by atoms with van der Waals surface area (Å²) in [6.07, 6.45) is 8.23. The maximum Gasteiger partial charge on any atom is 0.233 e. The molecule has 1 amide bonds. The van der Waals surface area contributed by atoms with Crippen LogP contribution < -0.4 is 0 Å². The third kappa shape index (κ3) is 5.26. The number of likely N-dealkylation sites (tertiary alicyclic amines) is 1. The molecule has 2 atom stereocenters. The fourth-order valence-corrected chi connectivity index (χ4v) is 6.02. The molecule has 2 fully saturated rings. The van der Waals surface area contributed by atoms with Crippen LogP contribution in [0.2, 0.25) is 5.02 Å². The summed E-state index contributed by atoms with van der Waals surface area (Å²) in [5.74, 6) is 2.06. The highest BCUT2D eigenvalue weighted by Crippen LogP contribution is 2.36. The SMILES string of the molecule is COCCCn1c(SCC(=O)N2CCCC3CCCCC32)nnc1-c1ccccc1Cl. The maximum atomic E-state index is 13.1. The summed E-state index contributed by atoms with van der Waals surface area (Å²) in [7, 11) is 1.70. The van der Waals surface area contributed by atoms with Gasteiger partial charge in [0.05, 0.1) is 10.8 Å². The maximum absolute atomic E-state index is 13.1. The molecule has 1 aliphatic carbocycles. The molecule has 0 bridgehead atoms. The smallest absolute Gasteiger partial charge is 0.233 e. The first-order valence-corrected chi connectivity index (χ1v) is 12.6. The number of fused-ring (bicyclic) bond motifs is 1. The van der Waals surface area contributed by atoms with Crippen molar-refractivity contribution in [2.24, 2.45) is 5.92 Å². The van der Waals surface area contributed by atoms with E-state index in [4.69, 9.17) is 16.3 Å². The van der Waals surface area contributed by atoms with Gasteiger partial charge in [-0.3, -0.25) is 4.79 Å². The minimum Gasteiger partial charge on any atom is -0.385 e. The van der Waals surface area contributed by atoms with Crippen molar-refractivity contribution in [2.75, 3.05) is 26.0 Å². The van der Waals surface area contributed by atoms with Crippen molar-refractivity contribution in [3.8, 4) is 11.4 Å². The number of hydrogen-bond acceptors (Lipinski definition) is 5. The van der Waals surface area contributed by atoms with E-state index in [1.54, 1.807) is 7.11 Å². The van der Waals surface area contributed by atoms with Crippen molar-refractivity contribution in [3.05, 3.63) is 29.3 Å². The molecule has 2 heterocycles. The molecule has 8 heteroatoms. The Labute approximate surface area is 193 Å². The molecular weight excluding hydrogens is 432 g/mol. The number of carbonyl (C=O) groups is 1. The Hall–Kier alpha value is -1.57. The zero-order valence-corrected chi connectivity index (χ0v) is 19.7. The molecule has 1 aromatic heterocycles. The van der Waals surface area contributed by atoms with Gasteiger partial charge in [-0.2, -0.15) is 0 Å². The van der Waals surface area contributed by atoms with Gasteiger partial charge in [-0.05, 0) is 50.2 Å². The highest BCUT2D eigenvalue weighted by Gasteiger charge is 2.35. The summed E-state index contributed by atoms with van der Waals surface area (Å²) in [5, 5.41) is 10.2. The van der Waals surface area contributed by atoms with Crippen LogP contribution in [-0.4, -0.2) is 57.6 Å². The fraction of sp³-hybridized carbons (Fsp3) is 0.609. The first-order valence-electron chi connectivity index (χ1n) is 11.3. The monoisotopic (exact) mass is 462 g/mol. The molecule has 2 aromatic rings. The lowest BCUT2D eigenvalue weighted by molar-refractivity contribution is -0.134. The van der Waals surface area contributed by atoms with Crippen molar-refractivity contribution in [2.45, 2.75) is 62.7 Å². The molecule has 1 aliphatic heterocycles. The predicted octanol–water partition coefficient (Wildman–Crippen LogP) is 4.91. The largest absolute Gasteiger partial charge is 0.385 e. The Bertz CT molecular complexity index is 888. The summed E-state index contributed by atoms with van der Waals surface area (Å²) in [6, 6.07) is 8.11. The molecule has 1 saturated carbocycles. The fourth-order valence-electron chi connectivity index (χ4n) is 4.95. The van der Waals surface area contributed by atoms with Gasteiger partial charge in [0, 0.05) is 38.4 Å². The van der Waals surface area contributed by atoms with E-state index in [0.717, 1.165) is 42.4 Å². The third-order valence-corrected chi connectivity index (χ3v) is 7.73. The van der Waals surface area contributed by atoms with E-state index in [9.17, 15) is 4.79 Å². The van der Waals surface area contributed by atoms with Gasteiger partial charge in [0.25, 0.3) is 0 Å². The molecule has 1 aromatic carbocycles. The number of thioether (sulfide) groups is 1. The van der Waals surface area contributed by atoms with Crippen molar-refractivity contribution in [1.82, 2.24) is 19.7 Å². The summed E-state index contributed by atoms with van der Waals surface area (Å²) < 4.78 is 7.30. The number of piperidine rings is 1. The van der Waals surface area contributed by atoms with Crippen molar-refractivity contribution < 1.29 is 9.53 Å². The second-order valence-electron chi connectivity index (χ2n) is 8.41. The number of rotatable bonds is 8. The van der Waals surface area contributed by atoms with E-state index in [1.165, 1.54) is 37.4 Å². The van der Waals surface area contributed by atoms with Crippen LogP contribution in [0.5, 0.6) is 0 Å². The molecule has 31 heavy (non-hydrogen) atoms. The summed E-state index contributed by atoms with van der Waals surface area (Å²) in [4.78, 5) is 15.3. The predicted molar refractivity (Wildman–Crippen MR) is 124 cm³/mol. The molecule has 0 N–H and O–H groups in total. The second kappa shape index (κ2) is 10.8. The molecule has 4 rings (SSSR count). The van der Waals surface area contributed by atoms with Gasteiger partial charge in [-0.25, -0.2) is 0 Å². The number of carbonyl (C=O) groups excluding carboxylic acids is 1. The quantitative estimate of drug-likeness (QED) is 0.412. The summed E-state index contributed by atoms with van der Waals surface area (Å²) >= 11 is 7.90. The minimum absolute atomic E-state index is 0.229. The zero-order valence-electron chi connectivity index (χ0n) is 18.1. The van der Waals surface area contributed by atoms with Crippen LogP contribution in [0.1, 0.15) is 44.9 Å². The Balaban J connectivity index is 1.48. The van der Waals surface area contributed by atoms with Gasteiger partial charge >= 0.3 is 0 Å². The molecule has 2 unspecified atom stereocenters. The van der Waals surface area contributed by atoms with E-state index in [2.05, 4.69) is 19.7 Å². The lowest BCUT2D eigenvalue weighted by Crippen LogP contribution is -2.50. The highest BCUT2D eigenvalue weighted by atomic mass is 35.5. The summed E-state index contributed by atoms with van der Waals surface area (Å²) in [5.41, 5.74) is 0.855. The van der Waals surface area contributed by atoms with E-state index in [-0.39, 0.29) is 5.91 Å². The van der Waals surface area contributed by atoms with E-state index >= 15 is 0 Å². The number of methoxy groups -OCH3 is 1. The minimum atomic E-state index is 0.229. The third-order valence-electron chi connectivity index (χ3n) is 6.45. The number of aromatic nitrogens is 3. The van der Waals surface area contributed by atoms with Crippen LogP contribution in [-0.2, 0) is 16.1 Å². The number of benzene rings is 1. The first kappa shape index (κ1) is 22.6. The van der Waals surface area contributed by atoms with Gasteiger partial charge < -0.3 is 14.2 Å². The van der Waals surface area contributed by atoms with Crippen molar-refractivity contribution in [3.63, 3.8) is 0 Å². The average Bonchev–Trinajstić information content (AvgIpc) is 3.20. The molecule has 0 radical (unpaired) electrons. The van der Waals surface area contributed by atoms with Gasteiger partial charge in [0.1, 0.15) is 0 Å². The van der Waals surface area contributed by atoms with Crippen LogP contribution >= 0.6 is 23.4 Å². The van der Waals surface area contributed by atoms with Gasteiger partial charge in [-0.1, -0.05) is 48.3 Å². The number of amides is 1. The van der Waals surface area contributed by atoms with E-state index in [0.29, 0.717) is 35.9 Å². The van der Waals surface area contributed by atoms with Crippen molar-refractivity contribution >= 4 is 29.3 Å². The Morgan fingerprint density at radius 3 is 2.84 bits per heavy atom. The Morgan fingerprint density at radius 1 is 1.19 bits per heavy atom. The van der Waals surface area contributed by atoms with Crippen LogP contribution in [0.3, 0.4) is 0 Å². The first-order chi connectivity index (χ1) is 15.2. The standard InChI is InChI=1S/C23H31ClN4O2S/c1-30-15-7-14-28-22(18-10-3-4-11-19(18)24)25-26-23(28)31-16-21(29)27-13-6-9-17-8-2-5-12-20(17)27/h3-4,10-11,17,20H,2,5-9,12-16H2,1H3. The normalized spacial score (nSPS) is 21.2. The molecular formula is C23H31ClN4O2S. The number of nitrogens with zero attached hydrogens (tertiary/aromatic N) is 4. The molecule has 0 spiro atoms. The van der Waals surface area contributed by atoms with Gasteiger partial charge in [0.15, 0.2) is 11.0 Å².